The van der Waals surface area contributed by atoms with Gasteiger partial charge in [0, 0.05) is 18.0 Å². The summed E-state index contributed by atoms with van der Waals surface area (Å²) in [5, 5.41) is 3.34. The number of carbonyl (C=O) groups excluding carboxylic acids is 2. The number of amides is 3. The summed E-state index contributed by atoms with van der Waals surface area (Å²) < 4.78 is 26.6. The van der Waals surface area contributed by atoms with Gasteiger partial charge in [-0.2, -0.15) is 0 Å². The van der Waals surface area contributed by atoms with Crippen molar-refractivity contribution < 1.29 is 18.4 Å². The Morgan fingerprint density at radius 2 is 1.79 bits per heavy atom. The minimum Gasteiger partial charge on any atom is -0.360 e. The van der Waals surface area contributed by atoms with E-state index in [9.17, 15) is 18.4 Å². The van der Waals surface area contributed by atoms with Crippen molar-refractivity contribution >= 4 is 34.4 Å². The van der Waals surface area contributed by atoms with Gasteiger partial charge in [-0.25, -0.2) is 13.6 Å². The van der Waals surface area contributed by atoms with Crippen molar-refractivity contribution in [1.29, 1.82) is 0 Å². The number of imide groups is 1. The van der Waals surface area contributed by atoms with Crippen molar-refractivity contribution in [2.24, 2.45) is 0 Å². The second kappa shape index (κ2) is 7.59. The molecule has 1 aliphatic heterocycles. The monoisotopic (exact) mass is 405 g/mol. The zero-order chi connectivity index (χ0) is 19.1. The van der Waals surface area contributed by atoms with Crippen molar-refractivity contribution in [2.45, 2.75) is 26.4 Å². The second-order valence-electron chi connectivity index (χ2n) is 6.35. The summed E-state index contributed by atoms with van der Waals surface area (Å²) in [6.45, 7) is 0.0619. The van der Waals surface area contributed by atoms with E-state index in [4.69, 9.17) is 11.6 Å². The molecule has 0 aliphatic carbocycles. The average Bonchev–Trinajstić information content (AvgIpc) is 3.17. The Morgan fingerprint density at radius 1 is 1.07 bits per heavy atom. The molecule has 5 nitrogen and oxygen atoms in total. The molecule has 0 radical (unpaired) electrons. The molecule has 4 rings (SSSR count). The van der Waals surface area contributed by atoms with Crippen LogP contribution in [0.2, 0.25) is 5.02 Å². The number of aromatic nitrogens is 1. The quantitative estimate of drug-likeness (QED) is 0.632. The number of benzene rings is 2. The van der Waals surface area contributed by atoms with Gasteiger partial charge in [0.1, 0.15) is 22.7 Å². The lowest BCUT2D eigenvalue weighted by Crippen LogP contribution is -2.32. The van der Waals surface area contributed by atoms with Crippen LogP contribution in [0.25, 0.3) is 10.9 Å². The van der Waals surface area contributed by atoms with Gasteiger partial charge in [0.05, 0.1) is 12.1 Å². The van der Waals surface area contributed by atoms with E-state index in [1.54, 1.807) is 12.3 Å². The van der Waals surface area contributed by atoms with Crippen molar-refractivity contribution in [1.82, 2.24) is 15.2 Å². The van der Waals surface area contributed by atoms with Crippen molar-refractivity contribution in [3.8, 4) is 0 Å². The zero-order valence-electron chi connectivity index (χ0n) is 13.9. The lowest BCUT2D eigenvalue weighted by atomic mass is 10.0. The molecule has 0 unspecified atom stereocenters. The highest BCUT2D eigenvalue weighted by atomic mass is 35.5. The molecule has 1 fully saturated rings. The fourth-order valence-corrected chi connectivity index (χ4v) is 3.44. The van der Waals surface area contributed by atoms with Gasteiger partial charge >= 0.3 is 6.03 Å². The maximum atomic E-state index is 13.6. The Hall–Kier alpha value is -2.93. The molecule has 0 spiro atoms. The normalized spacial score (nSPS) is 16.4. The molecule has 146 valence electrons. The first-order chi connectivity index (χ1) is 12.9. The summed E-state index contributed by atoms with van der Waals surface area (Å²) in [6.07, 6.45) is 1.89. The third-order valence-corrected chi connectivity index (χ3v) is 4.99. The first-order valence-electron chi connectivity index (χ1n) is 8.24. The Bertz CT molecular complexity index is 1050. The third-order valence-electron chi connectivity index (χ3n) is 4.62. The lowest BCUT2D eigenvalue weighted by Gasteiger charge is -2.13. The summed E-state index contributed by atoms with van der Waals surface area (Å²) in [4.78, 5) is 28.8. The molecular weight excluding hydrogens is 388 g/mol. The van der Waals surface area contributed by atoms with Gasteiger partial charge < -0.3 is 10.3 Å². The summed E-state index contributed by atoms with van der Waals surface area (Å²) >= 11 is 5.95. The standard InChI is InChI=1S/C19H14ClF2N3O2.CH4/c20-16-14(22)6-5-13-11(8-23-17(13)16)7-15-18(26)25(19(27)24-15)9-10-1-3-12(21)4-2-10;/h1-6,8,15,23H,7,9H2,(H,24,27);1H4/t15-;/m1./s1. The molecule has 1 atom stereocenters. The SMILES string of the molecule is C.O=C1N[C@H](Cc2c[nH]c3c(Cl)c(F)ccc23)C(=O)N1Cc1ccc(F)cc1. The number of H-pyrrole nitrogens is 1. The molecule has 0 saturated carbocycles. The number of hydrogen-bond donors (Lipinski definition) is 2. The average molecular weight is 406 g/mol. The summed E-state index contributed by atoms with van der Waals surface area (Å²) in [7, 11) is 0. The third kappa shape index (κ3) is 3.45. The predicted octanol–water partition coefficient (Wildman–Crippen LogP) is 4.40. The molecular formula is C20H18ClF2N3O2. The van der Waals surface area contributed by atoms with E-state index in [0.717, 1.165) is 10.5 Å². The molecule has 3 aromatic rings. The minimum atomic E-state index is -0.735. The number of nitrogens with zero attached hydrogens (tertiary/aromatic N) is 1. The van der Waals surface area contributed by atoms with Crippen LogP contribution in [0.4, 0.5) is 13.6 Å². The van der Waals surface area contributed by atoms with E-state index in [2.05, 4.69) is 10.3 Å². The number of urea groups is 1. The van der Waals surface area contributed by atoms with Crippen LogP contribution in [0, 0.1) is 11.6 Å². The van der Waals surface area contributed by atoms with Gasteiger partial charge in [0.15, 0.2) is 0 Å². The number of halogens is 3. The van der Waals surface area contributed by atoms with Crippen molar-refractivity contribution in [3.63, 3.8) is 0 Å². The number of hydrogen-bond acceptors (Lipinski definition) is 2. The van der Waals surface area contributed by atoms with Crippen molar-refractivity contribution in [3.05, 3.63) is 70.4 Å². The first kappa shape index (κ1) is 19.8. The highest BCUT2D eigenvalue weighted by Gasteiger charge is 2.38. The highest BCUT2D eigenvalue weighted by molar-refractivity contribution is 6.35. The van der Waals surface area contributed by atoms with Crippen LogP contribution >= 0.6 is 11.6 Å². The van der Waals surface area contributed by atoms with E-state index in [1.165, 1.54) is 30.3 Å². The molecule has 3 amide bonds. The van der Waals surface area contributed by atoms with Crippen LogP contribution in [0.5, 0.6) is 0 Å². The molecule has 2 heterocycles. The maximum Gasteiger partial charge on any atom is 0.325 e. The number of aromatic amines is 1. The van der Waals surface area contributed by atoms with Gasteiger partial charge in [-0.15, -0.1) is 0 Å². The number of carbonyl (C=O) groups is 2. The zero-order valence-corrected chi connectivity index (χ0v) is 14.7. The minimum absolute atomic E-state index is 0. The number of fused-ring (bicyclic) bond motifs is 1. The summed E-state index contributed by atoms with van der Waals surface area (Å²) in [5.41, 5.74) is 1.84. The van der Waals surface area contributed by atoms with Gasteiger partial charge in [0.2, 0.25) is 0 Å². The van der Waals surface area contributed by atoms with Gasteiger partial charge in [-0.1, -0.05) is 31.2 Å². The van der Waals surface area contributed by atoms with E-state index in [1.807, 2.05) is 0 Å². The Balaban J connectivity index is 0.00000225. The largest absolute Gasteiger partial charge is 0.360 e. The van der Waals surface area contributed by atoms with Gasteiger partial charge in [-0.3, -0.25) is 9.69 Å². The Morgan fingerprint density at radius 3 is 2.50 bits per heavy atom. The highest BCUT2D eigenvalue weighted by Crippen LogP contribution is 2.29. The second-order valence-corrected chi connectivity index (χ2v) is 6.73. The molecule has 0 bridgehead atoms. The van der Waals surface area contributed by atoms with Crippen LogP contribution in [-0.2, 0) is 17.8 Å². The smallest absolute Gasteiger partial charge is 0.325 e. The predicted molar refractivity (Wildman–Crippen MR) is 103 cm³/mol. The van der Waals surface area contributed by atoms with Crippen LogP contribution in [-0.4, -0.2) is 27.9 Å². The molecule has 8 heteroatoms. The summed E-state index contributed by atoms with van der Waals surface area (Å²) in [5.74, 6) is -1.29. The Kier molecular flexibility index (Phi) is 5.38. The maximum absolute atomic E-state index is 13.6. The fraction of sp³-hybridized carbons (Fsp3) is 0.200. The Labute approximate surface area is 165 Å². The lowest BCUT2D eigenvalue weighted by molar-refractivity contribution is -0.127. The molecule has 2 aromatic carbocycles. The number of nitrogens with one attached hydrogen (secondary N) is 2. The molecule has 1 saturated heterocycles. The molecule has 1 aliphatic rings. The van der Waals surface area contributed by atoms with Gasteiger partial charge in [0.25, 0.3) is 5.91 Å². The van der Waals surface area contributed by atoms with Crippen LogP contribution in [0.15, 0.2) is 42.6 Å². The molecule has 2 N–H and O–H groups in total. The van der Waals surface area contributed by atoms with Gasteiger partial charge in [-0.05, 0) is 35.4 Å². The first-order valence-corrected chi connectivity index (χ1v) is 8.62. The molecule has 1 aromatic heterocycles. The summed E-state index contributed by atoms with van der Waals surface area (Å²) in [6, 6.07) is 7.22. The van der Waals surface area contributed by atoms with E-state index < -0.39 is 17.9 Å². The topological polar surface area (TPSA) is 65.2 Å². The van der Waals surface area contributed by atoms with Crippen LogP contribution < -0.4 is 5.32 Å². The van der Waals surface area contributed by atoms with E-state index in [-0.39, 0.29) is 37.1 Å². The fourth-order valence-electron chi connectivity index (χ4n) is 3.22. The molecule has 28 heavy (non-hydrogen) atoms. The van der Waals surface area contributed by atoms with Crippen LogP contribution in [0.3, 0.4) is 0 Å². The van der Waals surface area contributed by atoms with Crippen molar-refractivity contribution in [2.75, 3.05) is 0 Å². The van der Waals surface area contributed by atoms with E-state index >= 15 is 0 Å². The number of rotatable bonds is 4. The van der Waals surface area contributed by atoms with E-state index in [0.29, 0.717) is 16.5 Å². The van der Waals surface area contributed by atoms with Crippen LogP contribution in [0.1, 0.15) is 18.6 Å².